The Kier molecular flexibility index (Phi) is 56.3. The molecule has 1 rings (SSSR count). The summed E-state index contributed by atoms with van der Waals surface area (Å²) in [4.78, 5) is 238. The Hall–Kier alpha value is -10.6. The molecule has 0 aliphatic carbocycles. The van der Waals surface area contributed by atoms with E-state index in [-0.39, 0.29) is 255 Å². The third-order valence-electron chi connectivity index (χ3n) is 18.0. The summed E-state index contributed by atoms with van der Waals surface area (Å²) >= 11 is 0. The van der Waals surface area contributed by atoms with E-state index in [0.717, 1.165) is 0 Å². The van der Waals surface area contributed by atoms with E-state index >= 15 is 0 Å². The van der Waals surface area contributed by atoms with Crippen molar-refractivity contribution in [1.82, 2.24) is 73.0 Å². The van der Waals surface area contributed by atoms with Gasteiger partial charge in [-0.15, -0.1) is 0 Å². The minimum absolute atomic E-state index is 0.000427. The molecule has 59 nitrogen and oxygen atoms in total. The summed E-state index contributed by atoms with van der Waals surface area (Å²) < 4.78 is 41.6. The number of Topliss-reactive ketones (excluding diaryl/α,β-unsaturated/α-hetero) is 1. The number of aldehydes is 1. The third-order valence-corrected chi connectivity index (χ3v) is 20.3. The van der Waals surface area contributed by atoms with E-state index in [1.54, 1.807) is 0 Å². The average molecular weight is 1880 g/mol. The van der Waals surface area contributed by atoms with E-state index in [1.165, 1.54) is 19.6 Å². The van der Waals surface area contributed by atoms with Crippen molar-refractivity contribution in [2.45, 2.75) is 157 Å². The van der Waals surface area contributed by atoms with Crippen LogP contribution in [-0.4, -0.2) is 354 Å². The van der Waals surface area contributed by atoms with Crippen molar-refractivity contribution >= 4 is 130 Å². The zero-order valence-electron chi connectivity index (χ0n) is 71.0. The molecule has 0 aromatic rings. The lowest BCUT2D eigenvalue weighted by Gasteiger charge is -2.34. The molecule has 49 N–H and O–H groups in total. The number of hydrogen-bond acceptors (Lipinski definition) is 28. The Morgan fingerprint density at radius 2 is 0.567 bits per heavy atom. The van der Waals surface area contributed by atoms with E-state index in [9.17, 15) is 91.0 Å². The zero-order valence-corrected chi connectivity index (χ0v) is 73.7. The Morgan fingerprint density at radius 1 is 0.346 bits per heavy atom. The van der Waals surface area contributed by atoms with Crippen LogP contribution in [0.3, 0.4) is 0 Å². The molecule has 1 heterocycles. The molecule has 1 aliphatic heterocycles. The predicted octanol–water partition coefficient (Wildman–Crippen LogP) is -14.9. The van der Waals surface area contributed by atoms with Crippen LogP contribution < -0.4 is 145 Å². The van der Waals surface area contributed by atoms with E-state index in [1.807, 2.05) is 0 Å². The van der Waals surface area contributed by atoms with Gasteiger partial charge in [0.25, 0.3) is 0 Å². The summed E-state index contributed by atoms with van der Waals surface area (Å²) in [7, 11) is -14.1. The van der Waals surface area contributed by atoms with Gasteiger partial charge in [-0.25, -0.2) is 10.9 Å². The highest BCUT2D eigenvalue weighted by Gasteiger charge is 2.36. The van der Waals surface area contributed by atoms with E-state index < -0.39 is 169 Å². The lowest BCUT2D eigenvalue weighted by Crippen LogP contribution is -2.60. The molecule has 0 aromatic carbocycles. The number of nitrogens with zero attached hydrogens (tertiary/aromatic N) is 12. The number of nitrogens with one attached hydrogen (secondary N) is 11. The maximum Gasteiger partial charge on any atom is 0.339 e. The highest BCUT2D eigenvalue weighted by Crippen LogP contribution is 2.38. The van der Waals surface area contributed by atoms with Gasteiger partial charge in [0.1, 0.15) is 68.1 Å². The fourth-order valence-corrected chi connectivity index (χ4v) is 14.3. The minimum atomic E-state index is -4.70. The second-order valence-corrected chi connectivity index (χ2v) is 33.9. The average Bonchev–Trinajstić information content (AvgIpc) is 0.860. The number of amides is 8. The minimum Gasteiger partial charge on any atom is -0.645 e. The number of rotatable bonds is 63. The molecule has 0 aromatic heterocycles. The largest absolute Gasteiger partial charge is 0.645 e. The van der Waals surface area contributed by atoms with E-state index in [2.05, 4.69) is 93.3 Å². The molecular formula is C65H135N39O20P3-. The van der Waals surface area contributed by atoms with Gasteiger partial charge in [0, 0.05) is 111 Å². The van der Waals surface area contributed by atoms with Gasteiger partial charge in [0.05, 0.1) is 25.2 Å². The number of aliphatic imine (C=N–C) groups is 8. The number of ether oxygens (including phenoxy) is 1. The second kappa shape index (κ2) is 62.5. The molecule has 8 amide bonds. The van der Waals surface area contributed by atoms with Crippen LogP contribution in [-0.2, 0) is 66.4 Å². The van der Waals surface area contributed by atoms with Crippen LogP contribution in [0, 0.1) is 0 Å². The van der Waals surface area contributed by atoms with Crippen molar-refractivity contribution < 1.29 is 95.7 Å². The maximum absolute atomic E-state index is 15.0. The molecular weight excluding hydrogens is 1740 g/mol. The van der Waals surface area contributed by atoms with Crippen LogP contribution in [0.4, 0.5) is 0 Å². The van der Waals surface area contributed by atoms with Gasteiger partial charge >= 0.3 is 22.8 Å². The zero-order chi connectivity index (χ0) is 95.8. The number of hydrazine groups is 1. The number of carbonyl (C=O) groups is 10. The molecule has 726 valence electrons. The first-order valence-corrected chi connectivity index (χ1v) is 45.6. The first-order valence-electron chi connectivity index (χ1n) is 40.2. The van der Waals surface area contributed by atoms with Crippen LogP contribution in [0.2, 0.25) is 0 Å². The normalized spacial score (nSPS) is 15.4. The standard InChI is InChI=1S/C65H135N39O20P3/c66-50(124-36-91-49(107)34-101-25-27-102(37-125(115,116)117)29-31-104(39-127(121,122)123)32-30-103(28-26-101)38-126(118,119)120)48(106)33-92-100-47(16-8-24-90-65(81)82)57(114)99-46(15-7-23-89-64(79)80)56(113)98-45(14-6-22-88-63(77)78)55(112)97-44(13-5-21-87-62(75)76)54(111)96-43(12-4-20-86-61(73)74)53(110)95-42(11-3-19-85-60(71)72)52(109)94-41(10-2-18-84-59(69)70)51(108)93-40(35-105)9-1-17-83-58(67)68/h35,40-47,50,66,92,100H,1-34,36-39H2,(H,91,107)(H,93,108)(H,94,109)(H,95,110)(H,96,111)(H,97,112)(H,98,113)(H,99,114)(H4,67,68,83)(H4,69,70,84)(H4,71,72,85)(H4,73,74,86)(H4,75,76,87)(H4,77,78,88)(H4,79,80,89)(H4,81,82,90)(H2,115,116,117)(H2,118,119,120)(H2,121,122,123)/q-1/t40-,41+,42+,43+,44-,45+,46-,47+,50?/m0/s1. The topological polar surface area (TPSA) is 1020 Å². The number of carbonyl (C=O) groups excluding carboxylic acids is 10. The number of hydrogen-bond donors (Lipinski definition) is 32. The first-order chi connectivity index (χ1) is 59.5. The molecule has 1 saturated heterocycles. The molecule has 1 unspecified atom stereocenters. The van der Waals surface area contributed by atoms with E-state index in [0.29, 0.717) is 6.29 Å². The molecule has 127 heavy (non-hydrogen) atoms. The lowest BCUT2D eigenvalue weighted by molar-refractivity contribution is -0.136. The fourth-order valence-electron chi connectivity index (χ4n) is 11.9. The van der Waals surface area contributed by atoms with Crippen molar-refractivity contribution in [3.05, 3.63) is 5.73 Å². The first kappa shape index (κ1) is 114. The summed E-state index contributed by atoms with van der Waals surface area (Å²) in [5.74, 6) is -10.8. The van der Waals surface area contributed by atoms with Gasteiger partial charge < -0.3 is 179 Å². The molecule has 0 radical (unpaired) electrons. The smallest absolute Gasteiger partial charge is 0.339 e. The van der Waals surface area contributed by atoms with Crippen LogP contribution in [0.15, 0.2) is 39.9 Å². The second-order valence-electron chi connectivity index (χ2n) is 29.1. The molecule has 0 bridgehead atoms. The highest BCUT2D eigenvalue weighted by atomic mass is 31.2. The van der Waals surface area contributed by atoms with Crippen molar-refractivity contribution in [2.24, 2.45) is 132 Å². The summed E-state index contributed by atoms with van der Waals surface area (Å²) in [6.45, 7) is -3.17. The molecule has 1 aliphatic rings. The Bertz CT molecular complexity index is 3780. The molecule has 9 atom stereocenters. The Labute approximate surface area is 733 Å². The number of guanidine groups is 8. The van der Waals surface area contributed by atoms with Crippen molar-refractivity contribution in [2.75, 3.05) is 143 Å². The molecule has 0 spiro atoms. The van der Waals surface area contributed by atoms with Crippen LogP contribution in [0.1, 0.15) is 103 Å². The van der Waals surface area contributed by atoms with Gasteiger partial charge in [0.15, 0.2) is 53.5 Å². The predicted molar refractivity (Wildman–Crippen MR) is 473 cm³/mol. The quantitative estimate of drug-likeness (QED) is 0.00511. The number of nitrogens with two attached hydrogens (primary N) is 16. The van der Waals surface area contributed by atoms with Crippen LogP contribution in [0.25, 0.3) is 5.73 Å². The van der Waals surface area contributed by atoms with E-state index in [4.69, 9.17) is 102 Å². The van der Waals surface area contributed by atoms with Gasteiger partial charge in [-0.1, -0.05) is 0 Å². The number of ketones is 1. The van der Waals surface area contributed by atoms with Gasteiger partial charge in [-0.3, -0.25) is 116 Å². The highest BCUT2D eigenvalue weighted by molar-refractivity contribution is 7.52. The fraction of sp³-hybridized carbons (Fsp3) is 0.723. The van der Waals surface area contributed by atoms with Gasteiger partial charge in [-0.05, 0) is 103 Å². The van der Waals surface area contributed by atoms with Crippen LogP contribution in [0.5, 0.6) is 0 Å². The van der Waals surface area contributed by atoms with Gasteiger partial charge in [0.2, 0.25) is 47.3 Å². The summed E-state index contributed by atoms with van der Waals surface area (Å²) in [5.41, 5.74) is 103. The van der Waals surface area contributed by atoms with Gasteiger partial charge in [-0.2, -0.15) is 0 Å². The van der Waals surface area contributed by atoms with Crippen molar-refractivity contribution in [1.29, 1.82) is 0 Å². The van der Waals surface area contributed by atoms with Crippen LogP contribution >= 0.6 is 22.8 Å². The SMILES string of the molecule is [NH-]C(OCNC(=O)CN1CCN(CP(=O)(O)O)CCN(CP(=O)(O)O)CCN(CP(=O)(O)O)CC1)C(=O)CNN[C@H](CCCN=C(N)N)C(=O)N[C@@H](CCCN=C(N)N)C(=O)N[C@H](CCCN=C(N)N)C(=O)N[C@@H](CCCN=C(N)N)C(=O)N[C@H](CCCN=C(N)N)C(=O)N[C@H](CCCN=C(N)N)C(=O)N[C@H](CCCN=C(N)N)C(=O)N[C@H](C=O)CCCN=C(N)N. The van der Waals surface area contributed by atoms with Crippen molar-refractivity contribution in [3.63, 3.8) is 0 Å². The summed E-state index contributed by atoms with van der Waals surface area (Å²) in [6.07, 6.45) is -4.77. The molecule has 0 saturated carbocycles. The summed E-state index contributed by atoms with van der Waals surface area (Å²) in [5, 5.41) is 20.8. The maximum atomic E-state index is 15.0. The Morgan fingerprint density at radius 3 is 0.803 bits per heavy atom. The molecule has 1 fully saturated rings. The molecule has 62 heteroatoms. The summed E-state index contributed by atoms with van der Waals surface area (Å²) in [6, 6.07) is -11.7. The van der Waals surface area contributed by atoms with Crippen molar-refractivity contribution in [3.8, 4) is 0 Å². The third kappa shape index (κ3) is 59.1. The Balaban J connectivity index is 3.82. The lowest BCUT2D eigenvalue weighted by atomic mass is 10.0. The monoisotopic (exact) mass is 1870 g/mol.